The zero-order valence-electron chi connectivity index (χ0n) is 12.9. The summed E-state index contributed by atoms with van der Waals surface area (Å²) in [5.74, 6) is 0.236. The summed E-state index contributed by atoms with van der Waals surface area (Å²) >= 11 is 0. The molecule has 21 heavy (non-hydrogen) atoms. The molecule has 0 saturated carbocycles. The normalized spacial score (nSPS) is 18.8. The van der Waals surface area contributed by atoms with E-state index in [2.05, 4.69) is 22.8 Å². The fourth-order valence-electron chi connectivity index (χ4n) is 2.80. The minimum atomic E-state index is 0. The number of unbranched alkanes of at least 4 members (excludes halogenated alkanes) is 3. The van der Waals surface area contributed by atoms with Crippen LogP contribution in [-0.4, -0.2) is 48.3 Å². The molecule has 0 aromatic rings. The van der Waals surface area contributed by atoms with Crippen LogP contribution < -0.4 is 0 Å². The Morgan fingerprint density at radius 1 is 1.05 bits per heavy atom. The first kappa shape index (κ1) is 20.5. The topological polar surface area (TPSA) is 23.6 Å². The Bertz CT molecular complexity index is 361. The van der Waals surface area contributed by atoms with Gasteiger partial charge in [-0.1, -0.05) is 32.3 Å². The molecule has 2 rings (SSSR count). The number of halogens is 2. The second-order valence-corrected chi connectivity index (χ2v) is 5.55. The summed E-state index contributed by atoms with van der Waals surface area (Å²) in [6, 6.07) is 0. The van der Waals surface area contributed by atoms with Crippen LogP contribution in [0.1, 0.15) is 39.0 Å². The van der Waals surface area contributed by atoms with Crippen molar-refractivity contribution in [1.82, 2.24) is 9.80 Å². The van der Waals surface area contributed by atoms with Crippen molar-refractivity contribution in [3.63, 3.8) is 0 Å². The summed E-state index contributed by atoms with van der Waals surface area (Å²) in [5, 5.41) is 0. The van der Waals surface area contributed by atoms with Gasteiger partial charge in [-0.3, -0.25) is 9.69 Å². The molecular weight excluding hydrogens is 307 g/mol. The van der Waals surface area contributed by atoms with Gasteiger partial charge >= 0.3 is 0 Å². The Labute approximate surface area is 141 Å². The van der Waals surface area contributed by atoms with Crippen molar-refractivity contribution in [2.75, 3.05) is 32.7 Å². The highest BCUT2D eigenvalue weighted by atomic mass is 35.5. The van der Waals surface area contributed by atoms with Gasteiger partial charge in [0.2, 0.25) is 0 Å². The summed E-state index contributed by atoms with van der Waals surface area (Å²) in [4.78, 5) is 16.4. The monoisotopic (exact) mass is 334 g/mol. The molecule has 1 fully saturated rings. The van der Waals surface area contributed by atoms with Crippen LogP contribution >= 0.6 is 24.8 Å². The highest BCUT2D eigenvalue weighted by molar-refractivity contribution is 5.92. The molecule has 0 N–H and O–H groups in total. The predicted octanol–water partition coefficient (Wildman–Crippen LogP) is 3.44. The van der Waals surface area contributed by atoms with Crippen LogP contribution in [0.3, 0.4) is 0 Å². The van der Waals surface area contributed by atoms with E-state index in [-0.39, 0.29) is 30.6 Å². The number of hydrogen-bond donors (Lipinski definition) is 0. The van der Waals surface area contributed by atoms with Crippen LogP contribution in [0.2, 0.25) is 0 Å². The number of allylic oxidation sites excluding steroid dienone is 4. The van der Waals surface area contributed by atoms with E-state index in [4.69, 9.17) is 0 Å². The second kappa shape index (κ2) is 11.1. The van der Waals surface area contributed by atoms with Crippen molar-refractivity contribution in [1.29, 1.82) is 0 Å². The lowest BCUT2D eigenvalue weighted by molar-refractivity contribution is -0.114. The third-order valence-electron chi connectivity index (χ3n) is 4.03. The number of hydrogen-bond acceptors (Lipinski definition) is 3. The predicted molar refractivity (Wildman–Crippen MR) is 93.5 cm³/mol. The molecule has 0 aromatic carbocycles. The third kappa shape index (κ3) is 6.86. The molecule has 2 aliphatic rings. The van der Waals surface area contributed by atoms with Gasteiger partial charge in [0.05, 0.1) is 6.42 Å². The minimum Gasteiger partial charge on any atom is -0.372 e. The lowest BCUT2D eigenvalue weighted by Crippen LogP contribution is -2.46. The first-order chi connectivity index (χ1) is 9.29. The molecule has 122 valence electrons. The average Bonchev–Trinajstić information content (AvgIpc) is 2.44. The summed E-state index contributed by atoms with van der Waals surface area (Å²) < 4.78 is 0. The maximum atomic E-state index is 11.4. The molecule has 0 unspecified atom stereocenters. The van der Waals surface area contributed by atoms with E-state index in [1.165, 1.54) is 37.9 Å². The highest BCUT2D eigenvalue weighted by Gasteiger charge is 2.20. The van der Waals surface area contributed by atoms with Crippen molar-refractivity contribution in [2.24, 2.45) is 0 Å². The average molecular weight is 335 g/mol. The smallest absolute Gasteiger partial charge is 0.161 e. The fraction of sp³-hybridized carbons (Fsp3) is 0.688. The largest absolute Gasteiger partial charge is 0.372 e. The Hall–Kier alpha value is -0.510. The molecule has 1 aliphatic carbocycles. The second-order valence-electron chi connectivity index (χ2n) is 5.55. The maximum Gasteiger partial charge on any atom is 0.161 e. The zero-order chi connectivity index (χ0) is 13.5. The standard InChI is InChI=1S/C16H26N2O.2ClH/c1-2-3-4-5-9-17-10-12-18(13-11-17)15-7-6-8-16(19)14-15;;/h6-8H,2-5,9-14H2,1H3;2*1H. The summed E-state index contributed by atoms with van der Waals surface area (Å²) in [7, 11) is 0. The van der Waals surface area contributed by atoms with E-state index < -0.39 is 0 Å². The van der Waals surface area contributed by atoms with Gasteiger partial charge in [-0.15, -0.1) is 24.8 Å². The molecule has 1 aliphatic heterocycles. The Balaban J connectivity index is 0.00000200. The lowest BCUT2D eigenvalue weighted by Gasteiger charge is -2.37. The van der Waals surface area contributed by atoms with Crippen molar-refractivity contribution >= 4 is 30.6 Å². The van der Waals surface area contributed by atoms with Gasteiger partial charge in [0.25, 0.3) is 0 Å². The molecule has 1 saturated heterocycles. The zero-order valence-corrected chi connectivity index (χ0v) is 14.6. The van der Waals surface area contributed by atoms with Crippen LogP contribution in [-0.2, 0) is 4.79 Å². The van der Waals surface area contributed by atoms with Crippen LogP contribution in [0.4, 0.5) is 0 Å². The van der Waals surface area contributed by atoms with E-state index in [0.717, 1.165) is 26.2 Å². The van der Waals surface area contributed by atoms with Crippen molar-refractivity contribution < 1.29 is 4.79 Å². The molecule has 0 amide bonds. The van der Waals surface area contributed by atoms with Crippen LogP contribution in [0, 0.1) is 0 Å². The first-order valence-corrected chi connectivity index (χ1v) is 7.67. The quantitative estimate of drug-likeness (QED) is 0.695. The molecule has 5 heteroatoms. The van der Waals surface area contributed by atoms with Gasteiger partial charge in [0.1, 0.15) is 0 Å². The number of nitrogens with zero attached hydrogens (tertiary/aromatic N) is 2. The molecule has 3 nitrogen and oxygen atoms in total. The molecule has 0 atom stereocenters. The third-order valence-corrected chi connectivity index (χ3v) is 4.03. The van der Waals surface area contributed by atoms with E-state index in [0.29, 0.717) is 6.42 Å². The molecule has 0 spiro atoms. The molecule has 0 aromatic heterocycles. The van der Waals surface area contributed by atoms with E-state index >= 15 is 0 Å². The first-order valence-electron chi connectivity index (χ1n) is 7.67. The van der Waals surface area contributed by atoms with Gasteiger partial charge < -0.3 is 4.90 Å². The Morgan fingerprint density at radius 3 is 2.38 bits per heavy atom. The number of piperazine rings is 1. The van der Waals surface area contributed by atoms with Crippen LogP contribution in [0.5, 0.6) is 0 Å². The van der Waals surface area contributed by atoms with E-state index in [1.54, 1.807) is 6.08 Å². The van der Waals surface area contributed by atoms with Crippen molar-refractivity contribution in [2.45, 2.75) is 39.0 Å². The molecule has 0 bridgehead atoms. The number of rotatable bonds is 6. The summed E-state index contributed by atoms with van der Waals surface area (Å²) in [6.07, 6.45) is 11.6. The number of ketones is 1. The van der Waals surface area contributed by atoms with Crippen LogP contribution in [0.25, 0.3) is 0 Å². The van der Waals surface area contributed by atoms with Gasteiger partial charge in [-0.2, -0.15) is 0 Å². The Kier molecular flexibility index (Phi) is 10.8. The maximum absolute atomic E-state index is 11.4. The fourth-order valence-corrected chi connectivity index (χ4v) is 2.80. The number of carbonyl (C=O) groups excluding carboxylic acids is 1. The van der Waals surface area contributed by atoms with Crippen LogP contribution in [0.15, 0.2) is 23.9 Å². The molecule has 0 radical (unpaired) electrons. The van der Waals surface area contributed by atoms with Crippen molar-refractivity contribution in [3.8, 4) is 0 Å². The SMILES string of the molecule is CCCCCCN1CCN(C2=CC=CC(=O)C2)CC1.Cl.Cl. The highest BCUT2D eigenvalue weighted by Crippen LogP contribution is 2.17. The van der Waals surface area contributed by atoms with E-state index in [9.17, 15) is 4.79 Å². The van der Waals surface area contributed by atoms with Crippen molar-refractivity contribution in [3.05, 3.63) is 23.9 Å². The van der Waals surface area contributed by atoms with Gasteiger partial charge in [0.15, 0.2) is 5.78 Å². The summed E-state index contributed by atoms with van der Waals surface area (Å²) in [6.45, 7) is 7.92. The van der Waals surface area contributed by atoms with Gasteiger partial charge in [0, 0.05) is 31.9 Å². The van der Waals surface area contributed by atoms with Gasteiger partial charge in [-0.05, 0) is 25.1 Å². The lowest BCUT2D eigenvalue weighted by atomic mass is 10.1. The van der Waals surface area contributed by atoms with Gasteiger partial charge in [-0.25, -0.2) is 0 Å². The molecule has 1 heterocycles. The van der Waals surface area contributed by atoms with E-state index in [1.807, 2.05) is 6.08 Å². The Morgan fingerprint density at radius 2 is 1.76 bits per heavy atom. The molecular formula is C16H28Cl2N2O. The minimum absolute atomic E-state index is 0. The number of carbonyl (C=O) groups is 1. The summed E-state index contributed by atoms with van der Waals surface area (Å²) in [5.41, 5.74) is 1.21.